The van der Waals surface area contributed by atoms with Crippen molar-refractivity contribution in [3.8, 4) is 11.3 Å². The summed E-state index contributed by atoms with van der Waals surface area (Å²) in [6.45, 7) is 0. The van der Waals surface area contributed by atoms with E-state index >= 15 is 0 Å². The number of benzene rings is 1. The maximum absolute atomic E-state index is 4.23. The van der Waals surface area contributed by atoms with Crippen LogP contribution in [0, 0.1) is 0 Å². The van der Waals surface area contributed by atoms with Crippen LogP contribution >= 0.6 is 0 Å². The van der Waals surface area contributed by atoms with Gasteiger partial charge in [-0.05, 0) is 5.56 Å². The third-order valence-corrected chi connectivity index (χ3v) is 2.32. The van der Waals surface area contributed by atoms with E-state index in [1.807, 2.05) is 12.1 Å². The monoisotopic (exact) mass is 169 g/mol. The van der Waals surface area contributed by atoms with Crippen molar-refractivity contribution in [3.63, 3.8) is 0 Å². The average molecular weight is 169 g/mol. The van der Waals surface area contributed by atoms with E-state index in [1.165, 1.54) is 17.5 Å². The lowest BCUT2D eigenvalue weighted by Crippen LogP contribution is -1.91. The number of fused-ring (bicyclic) bond motifs is 3. The Balaban J connectivity index is 2.32. The highest BCUT2D eigenvalue weighted by atomic mass is 15.1. The van der Waals surface area contributed by atoms with E-state index in [0.29, 0.717) is 0 Å². The van der Waals surface area contributed by atoms with Gasteiger partial charge in [0.2, 0.25) is 0 Å². The lowest BCUT2D eigenvalue weighted by Gasteiger charge is -1.95. The Bertz CT molecular complexity index is 422. The van der Waals surface area contributed by atoms with Crippen molar-refractivity contribution >= 4 is 0 Å². The summed E-state index contributed by atoms with van der Waals surface area (Å²) in [5.41, 5.74) is 4.48. The third kappa shape index (κ3) is 0.869. The first-order valence-corrected chi connectivity index (χ1v) is 4.20. The molecule has 2 aromatic rings. The van der Waals surface area contributed by atoms with Crippen molar-refractivity contribution < 1.29 is 0 Å². The van der Waals surface area contributed by atoms with Crippen molar-refractivity contribution in [2.75, 3.05) is 0 Å². The fourth-order valence-corrected chi connectivity index (χ4v) is 1.73. The smallest absolute Gasteiger partial charge is 0.138 e. The van der Waals surface area contributed by atoms with Crippen molar-refractivity contribution in [3.05, 3.63) is 41.9 Å². The van der Waals surface area contributed by atoms with E-state index in [4.69, 9.17) is 0 Å². The van der Waals surface area contributed by atoms with Crippen LogP contribution in [0.3, 0.4) is 0 Å². The first-order valence-electron chi connectivity index (χ1n) is 4.20. The van der Waals surface area contributed by atoms with Crippen LogP contribution in [0.5, 0.6) is 0 Å². The van der Waals surface area contributed by atoms with Crippen molar-refractivity contribution in [2.24, 2.45) is 0 Å². The van der Waals surface area contributed by atoms with Gasteiger partial charge in [-0.2, -0.15) is 5.10 Å². The van der Waals surface area contributed by atoms with Crippen LogP contribution < -0.4 is 0 Å². The van der Waals surface area contributed by atoms with Crippen LogP contribution in [0.2, 0.25) is 0 Å². The topological polar surface area (TPSA) is 38.7 Å². The van der Waals surface area contributed by atoms with Gasteiger partial charge < -0.3 is 0 Å². The Morgan fingerprint density at radius 2 is 2.08 bits per heavy atom. The zero-order valence-electron chi connectivity index (χ0n) is 6.94. The molecule has 1 aromatic heterocycles. The molecular weight excluding hydrogens is 162 g/mol. The lowest BCUT2D eigenvalue weighted by molar-refractivity contribution is 0.917. The molecule has 0 amide bonds. The second-order valence-corrected chi connectivity index (χ2v) is 3.09. The molecule has 0 aliphatic heterocycles. The molecule has 0 radical (unpaired) electrons. The van der Waals surface area contributed by atoms with Crippen LogP contribution in [0.15, 0.2) is 30.6 Å². The van der Waals surface area contributed by atoms with E-state index in [0.717, 1.165) is 17.8 Å². The maximum atomic E-state index is 4.23. The molecule has 62 valence electrons. The van der Waals surface area contributed by atoms with Crippen molar-refractivity contribution in [2.45, 2.75) is 6.42 Å². The number of hydrogen-bond donors (Lipinski definition) is 0. The highest BCUT2D eigenvalue weighted by molar-refractivity contribution is 5.71. The molecule has 3 rings (SSSR count). The molecule has 0 saturated carbocycles. The zero-order chi connectivity index (χ0) is 8.67. The summed E-state index contributed by atoms with van der Waals surface area (Å²) >= 11 is 0. The Morgan fingerprint density at radius 1 is 1.15 bits per heavy atom. The molecule has 0 unspecified atom stereocenters. The predicted molar refractivity (Wildman–Crippen MR) is 48.1 cm³/mol. The molecule has 0 atom stereocenters. The summed E-state index contributed by atoms with van der Waals surface area (Å²) < 4.78 is 0. The Kier molecular flexibility index (Phi) is 1.22. The normalized spacial score (nSPS) is 12.3. The number of nitrogens with zero attached hydrogens (tertiary/aromatic N) is 3. The second kappa shape index (κ2) is 2.36. The third-order valence-electron chi connectivity index (χ3n) is 2.32. The molecule has 0 N–H and O–H groups in total. The molecule has 13 heavy (non-hydrogen) atoms. The SMILES string of the molecule is c1ccc2c(c1)Cc1nncnc1-2. The van der Waals surface area contributed by atoms with Crippen molar-refractivity contribution in [1.82, 2.24) is 15.2 Å². The summed E-state index contributed by atoms with van der Waals surface area (Å²) in [7, 11) is 0. The minimum atomic E-state index is 0.867. The largest absolute Gasteiger partial charge is 0.232 e. The van der Waals surface area contributed by atoms with Gasteiger partial charge in [0.25, 0.3) is 0 Å². The van der Waals surface area contributed by atoms with Crippen LogP contribution in [-0.2, 0) is 6.42 Å². The summed E-state index contributed by atoms with van der Waals surface area (Å²) in [4.78, 5) is 4.23. The summed E-state index contributed by atoms with van der Waals surface area (Å²) in [5.74, 6) is 0. The molecule has 3 nitrogen and oxygen atoms in total. The highest BCUT2D eigenvalue weighted by Gasteiger charge is 2.19. The van der Waals surface area contributed by atoms with Gasteiger partial charge in [-0.3, -0.25) is 0 Å². The molecule has 0 fully saturated rings. The highest BCUT2D eigenvalue weighted by Crippen LogP contribution is 2.32. The standard InChI is InChI=1S/C10H7N3/c1-2-4-8-7(3-1)5-9-10(8)11-6-12-13-9/h1-4,6H,5H2. The molecule has 0 spiro atoms. The fourth-order valence-electron chi connectivity index (χ4n) is 1.73. The minimum absolute atomic E-state index is 0.867. The lowest BCUT2D eigenvalue weighted by atomic mass is 10.1. The van der Waals surface area contributed by atoms with Crippen molar-refractivity contribution in [1.29, 1.82) is 0 Å². The molecule has 0 bridgehead atoms. The molecule has 1 aromatic carbocycles. The first-order chi connectivity index (χ1) is 6.45. The summed E-state index contributed by atoms with van der Waals surface area (Å²) in [6.07, 6.45) is 2.37. The van der Waals surface area contributed by atoms with Crippen LogP contribution in [0.4, 0.5) is 0 Å². The predicted octanol–water partition coefficient (Wildman–Crippen LogP) is 1.44. The minimum Gasteiger partial charge on any atom is -0.232 e. The molecule has 1 heterocycles. The van der Waals surface area contributed by atoms with Gasteiger partial charge in [0.15, 0.2) is 0 Å². The van der Waals surface area contributed by atoms with Crippen LogP contribution in [0.25, 0.3) is 11.3 Å². The van der Waals surface area contributed by atoms with E-state index in [9.17, 15) is 0 Å². The number of hydrogen-bond acceptors (Lipinski definition) is 3. The Hall–Kier alpha value is -1.77. The first kappa shape index (κ1) is 6.71. The quantitative estimate of drug-likeness (QED) is 0.511. The van der Waals surface area contributed by atoms with Gasteiger partial charge in [0, 0.05) is 12.0 Å². The number of aromatic nitrogens is 3. The van der Waals surface area contributed by atoms with Gasteiger partial charge >= 0.3 is 0 Å². The molecule has 1 aliphatic carbocycles. The van der Waals surface area contributed by atoms with Crippen LogP contribution in [-0.4, -0.2) is 15.2 Å². The fraction of sp³-hybridized carbons (Fsp3) is 0.100. The van der Waals surface area contributed by atoms with Gasteiger partial charge in [-0.1, -0.05) is 24.3 Å². The molecular formula is C10H7N3. The average Bonchev–Trinajstić information content (AvgIpc) is 2.56. The second-order valence-electron chi connectivity index (χ2n) is 3.09. The number of rotatable bonds is 0. The molecule has 3 heteroatoms. The zero-order valence-corrected chi connectivity index (χ0v) is 6.94. The van der Waals surface area contributed by atoms with Gasteiger partial charge in [-0.25, -0.2) is 4.98 Å². The van der Waals surface area contributed by atoms with Gasteiger partial charge in [0.1, 0.15) is 6.33 Å². The van der Waals surface area contributed by atoms with E-state index in [1.54, 1.807) is 0 Å². The van der Waals surface area contributed by atoms with Gasteiger partial charge in [-0.15, -0.1) is 5.10 Å². The summed E-state index contributed by atoms with van der Waals surface area (Å²) in [6, 6.07) is 8.25. The van der Waals surface area contributed by atoms with Crippen LogP contribution in [0.1, 0.15) is 11.3 Å². The van der Waals surface area contributed by atoms with E-state index in [-0.39, 0.29) is 0 Å². The molecule has 0 saturated heterocycles. The maximum Gasteiger partial charge on any atom is 0.138 e. The Morgan fingerprint density at radius 3 is 3.08 bits per heavy atom. The Labute approximate surface area is 75.5 Å². The van der Waals surface area contributed by atoms with E-state index < -0.39 is 0 Å². The van der Waals surface area contributed by atoms with Gasteiger partial charge in [0.05, 0.1) is 11.4 Å². The molecule has 1 aliphatic rings. The van der Waals surface area contributed by atoms with E-state index in [2.05, 4.69) is 27.3 Å². The summed E-state index contributed by atoms with van der Waals surface area (Å²) in [5, 5.41) is 7.84.